The van der Waals surface area contributed by atoms with Gasteiger partial charge in [0.2, 0.25) is 5.91 Å². The fourth-order valence-electron chi connectivity index (χ4n) is 2.67. The van der Waals surface area contributed by atoms with Crippen molar-refractivity contribution in [2.75, 3.05) is 0 Å². The SMILES string of the molecule is O=C(NC1CCCc2ccccc21)C1CC1(Cl)Cl. The first-order valence-electron chi connectivity index (χ1n) is 6.34. The Balaban J connectivity index is 1.73. The molecular formula is C14H15Cl2NO. The van der Waals surface area contributed by atoms with Gasteiger partial charge in [0.1, 0.15) is 4.33 Å². The van der Waals surface area contributed by atoms with Gasteiger partial charge >= 0.3 is 0 Å². The number of amides is 1. The van der Waals surface area contributed by atoms with Crippen LogP contribution in [0.4, 0.5) is 0 Å². The normalized spacial score (nSPS) is 28.3. The van der Waals surface area contributed by atoms with Crippen molar-refractivity contribution < 1.29 is 4.79 Å². The van der Waals surface area contributed by atoms with E-state index in [1.807, 2.05) is 12.1 Å². The molecule has 3 rings (SSSR count). The van der Waals surface area contributed by atoms with Crippen LogP contribution >= 0.6 is 23.2 Å². The zero-order valence-corrected chi connectivity index (χ0v) is 11.5. The zero-order valence-electron chi connectivity index (χ0n) is 9.96. The van der Waals surface area contributed by atoms with Crippen LogP contribution in [0.25, 0.3) is 0 Å². The number of carbonyl (C=O) groups is 1. The second kappa shape index (κ2) is 4.43. The highest BCUT2D eigenvalue weighted by Crippen LogP contribution is 2.53. The Morgan fingerprint density at radius 1 is 1.33 bits per heavy atom. The lowest BCUT2D eigenvalue weighted by Gasteiger charge is -2.26. The molecule has 0 heterocycles. The van der Waals surface area contributed by atoms with Gasteiger partial charge in [-0.3, -0.25) is 4.79 Å². The van der Waals surface area contributed by atoms with Crippen molar-refractivity contribution in [3.63, 3.8) is 0 Å². The third-order valence-electron chi connectivity index (χ3n) is 3.83. The molecule has 1 saturated carbocycles. The van der Waals surface area contributed by atoms with Gasteiger partial charge in [-0.2, -0.15) is 0 Å². The summed E-state index contributed by atoms with van der Waals surface area (Å²) in [6.07, 6.45) is 3.77. The van der Waals surface area contributed by atoms with Crippen LogP contribution in [0.3, 0.4) is 0 Å². The molecule has 18 heavy (non-hydrogen) atoms. The largest absolute Gasteiger partial charge is 0.349 e. The van der Waals surface area contributed by atoms with Crippen LogP contribution in [0, 0.1) is 5.92 Å². The van der Waals surface area contributed by atoms with Gasteiger partial charge in [0.15, 0.2) is 0 Å². The van der Waals surface area contributed by atoms with Gasteiger partial charge in [0.25, 0.3) is 0 Å². The maximum Gasteiger partial charge on any atom is 0.226 e. The molecule has 4 heteroatoms. The highest BCUT2D eigenvalue weighted by atomic mass is 35.5. The first kappa shape index (κ1) is 12.3. The smallest absolute Gasteiger partial charge is 0.226 e. The van der Waals surface area contributed by atoms with Crippen molar-refractivity contribution in [3.8, 4) is 0 Å². The number of alkyl halides is 2. The first-order chi connectivity index (χ1) is 8.58. The molecule has 1 amide bonds. The number of benzene rings is 1. The van der Waals surface area contributed by atoms with Crippen molar-refractivity contribution in [2.24, 2.45) is 5.92 Å². The van der Waals surface area contributed by atoms with Crippen molar-refractivity contribution >= 4 is 29.1 Å². The summed E-state index contributed by atoms with van der Waals surface area (Å²) in [6.45, 7) is 0. The van der Waals surface area contributed by atoms with Gasteiger partial charge in [-0.1, -0.05) is 24.3 Å². The molecule has 2 atom stereocenters. The maximum atomic E-state index is 12.0. The number of hydrogen-bond donors (Lipinski definition) is 1. The molecule has 1 aromatic rings. The van der Waals surface area contributed by atoms with Gasteiger partial charge in [0.05, 0.1) is 12.0 Å². The standard InChI is InChI=1S/C14H15Cl2NO/c15-14(16)8-11(14)13(18)17-12-7-3-5-9-4-1-2-6-10(9)12/h1-2,4,6,11-12H,3,5,7-8H2,(H,17,18). The van der Waals surface area contributed by atoms with E-state index in [0.29, 0.717) is 6.42 Å². The Labute approximate surface area is 117 Å². The Bertz CT molecular complexity index is 486. The summed E-state index contributed by atoms with van der Waals surface area (Å²) < 4.78 is -0.835. The summed E-state index contributed by atoms with van der Waals surface area (Å²) in [7, 11) is 0. The average molecular weight is 284 g/mol. The second-order valence-corrected chi connectivity index (χ2v) is 6.71. The summed E-state index contributed by atoms with van der Waals surface area (Å²) in [5.41, 5.74) is 2.58. The van der Waals surface area contributed by atoms with E-state index in [-0.39, 0.29) is 17.9 Å². The number of hydrogen-bond acceptors (Lipinski definition) is 1. The number of rotatable bonds is 2. The molecule has 0 saturated heterocycles. The quantitative estimate of drug-likeness (QED) is 0.829. The minimum absolute atomic E-state index is 0.0123. The number of aryl methyl sites for hydroxylation is 1. The van der Waals surface area contributed by atoms with Crippen molar-refractivity contribution in [1.29, 1.82) is 0 Å². The summed E-state index contributed by atoms with van der Waals surface area (Å²) in [4.78, 5) is 12.0. The van der Waals surface area contributed by atoms with E-state index in [4.69, 9.17) is 23.2 Å². The molecule has 0 bridgehead atoms. The monoisotopic (exact) mass is 283 g/mol. The van der Waals surface area contributed by atoms with Crippen molar-refractivity contribution in [2.45, 2.75) is 36.1 Å². The van der Waals surface area contributed by atoms with Gasteiger partial charge < -0.3 is 5.32 Å². The van der Waals surface area contributed by atoms with Crippen LogP contribution in [0.1, 0.15) is 36.4 Å². The summed E-state index contributed by atoms with van der Waals surface area (Å²) in [5.74, 6) is -0.253. The number of nitrogens with one attached hydrogen (secondary N) is 1. The molecule has 1 aromatic carbocycles. The van der Waals surface area contributed by atoms with Crippen LogP contribution in [-0.2, 0) is 11.2 Å². The number of carbonyl (C=O) groups excluding carboxylic acids is 1. The molecule has 2 nitrogen and oxygen atoms in total. The Morgan fingerprint density at radius 2 is 2.06 bits per heavy atom. The minimum Gasteiger partial charge on any atom is -0.349 e. The lowest BCUT2D eigenvalue weighted by molar-refractivity contribution is -0.123. The Kier molecular flexibility index (Phi) is 3.03. The Morgan fingerprint density at radius 3 is 2.78 bits per heavy atom. The molecule has 0 radical (unpaired) electrons. The van der Waals surface area contributed by atoms with E-state index in [0.717, 1.165) is 19.3 Å². The van der Waals surface area contributed by atoms with Crippen LogP contribution in [0.15, 0.2) is 24.3 Å². The van der Waals surface area contributed by atoms with Gasteiger partial charge in [-0.15, -0.1) is 23.2 Å². The minimum atomic E-state index is -0.835. The fourth-order valence-corrected chi connectivity index (χ4v) is 3.18. The van der Waals surface area contributed by atoms with Crippen LogP contribution in [0.2, 0.25) is 0 Å². The van der Waals surface area contributed by atoms with Crippen LogP contribution in [0.5, 0.6) is 0 Å². The van der Waals surface area contributed by atoms with Crippen LogP contribution in [-0.4, -0.2) is 10.2 Å². The third kappa shape index (κ3) is 2.24. The highest BCUT2D eigenvalue weighted by Gasteiger charge is 2.56. The van der Waals surface area contributed by atoms with E-state index >= 15 is 0 Å². The highest BCUT2D eigenvalue weighted by molar-refractivity contribution is 6.52. The zero-order chi connectivity index (χ0) is 12.8. The third-order valence-corrected chi connectivity index (χ3v) is 4.66. The first-order valence-corrected chi connectivity index (χ1v) is 7.09. The molecule has 0 aromatic heterocycles. The number of fused-ring (bicyclic) bond motifs is 1. The molecule has 2 aliphatic rings. The van der Waals surface area contributed by atoms with E-state index in [1.54, 1.807) is 0 Å². The molecule has 1 N–H and O–H groups in total. The fraction of sp³-hybridized carbons (Fsp3) is 0.500. The molecule has 0 spiro atoms. The molecule has 0 aliphatic heterocycles. The lowest BCUT2D eigenvalue weighted by atomic mass is 9.87. The van der Waals surface area contributed by atoms with E-state index in [9.17, 15) is 4.79 Å². The Hall–Kier alpha value is -0.730. The molecule has 2 unspecified atom stereocenters. The van der Waals surface area contributed by atoms with E-state index < -0.39 is 4.33 Å². The topological polar surface area (TPSA) is 29.1 Å². The molecule has 2 aliphatic carbocycles. The predicted molar refractivity (Wildman–Crippen MR) is 72.8 cm³/mol. The van der Waals surface area contributed by atoms with Gasteiger partial charge in [-0.25, -0.2) is 0 Å². The second-order valence-electron chi connectivity index (χ2n) is 5.17. The molecule has 1 fully saturated rings. The molecule has 96 valence electrons. The summed E-state index contributed by atoms with van der Waals surface area (Å²) >= 11 is 11.8. The lowest BCUT2D eigenvalue weighted by Crippen LogP contribution is -2.33. The number of halogens is 2. The van der Waals surface area contributed by atoms with E-state index in [1.165, 1.54) is 11.1 Å². The van der Waals surface area contributed by atoms with Crippen LogP contribution < -0.4 is 5.32 Å². The average Bonchev–Trinajstić information content (AvgIpc) is 2.99. The summed E-state index contributed by atoms with van der Waals surface area (Å²) in [5, 5.41) is 3.08. The molecular weight excluding hydrogens is 269 g/mol. The van der Waals surface area contributed by atoms with Crippen molar-refractivity contribution in [1.82, 2.24) is 5.32 Å². The maximum absolute atomic E-state index is 12.0. The summed E-state index contributed by atoms with van der Waals surface area (Å²) in [6, 6.07) is 8.42. The van der Waals surface area contributed by atoms with Gasteiger partial charge in [0, 0.05) is 0 Å². The van der Waals surface area contributed by atoms with Crippen molar-refractivity contribution in [3.05, 3.63) is 35.4 Å². The predicted octanol–water partition coefficient (Wildman–Crippen LogP) is 3.37. The van der Waals surface area contributed by atoms with Gasteiger partial charge in [-0.05, 0) is 36.8 Å². The van der Waals surface area contributed by atoms with E-state index in [2.05, 4.69) is 17.4 Å².